The number of nitrogens with one attached hydrogen (secondary N) is 1. The quantitative estimate of drug-likeness (QED) is 0.660. The van der Waals surface area contributed by atoms with Crippen molar-refractivity contribution in [2.75, 3.05) is 6.54 Å². The van der Waals surface area contributed by atoms with Gasteiger partial charge in [0.15, 0.2) is 0 Å². The van der Waals surface area contributed by atoms with E-state index in [4.69, 9.17) is 0 Å². The third kappa shape index (κ3) is 2.41. The normalized spacial score (nSPS) is 17.5. The van der Waals surface area contributed by atoms with Gasteiger partial charge < -0.3 is 5.32 Å². The highest BCUT2D eigenvalue weighted by molar-refractivity contribution is 5.93. The Morgan fingerprint density at radius 1 is 1.62 bits per heavy atom. The van der Waals surface area contributed by atoms with Crippen LogP contribution in [0.15, 0.2) is 0 Å². The van der Waals surface area contributed by atoms with E-state index in [1.54, 1.807) is 0 Å². The van der Waals surface area contributed by atoms with Crippen molar-refractivity contribution in [3.63, 3.8) is 0 Å². The Kier molecular flexibility index (Phi) is 2.86. The molecular weight excluding hydrogens is 176 g/mol. The van der Waals surface area contributed by atoms with Crippen molar-refractivity contribution in [3.05, 3.63) is 0 Å². The third-order valence-electron chi connectivity index (χ3n) is 2.19. The summed E-state index contributed by atoms with van der Waals surface area (Å²) in [5.41, 5.74) is -0.953. The zero-order valence-electron chi connectivity index (χ0n) is 7.36. The van der Waals surface area contributed by atoms with E-state index in [1.165, 1.54) is 6.92 Å². The first-order valence-corrected chi connectivity index (χ1v) is 4.09. The third-order valence-corrected chi connectivity index (χ3v) is 2.19. The number of halogens is 2. The maximum atomic E-state index is 12.3. The predicted octanol–water partition coefficient (Wildman–Crippen LogP) is 1.17. The minimum Gasteiger partial charge on any atom is -0.344 e. The highest BCUT2D eigenvalue weighted by Gasteiger charge is 2.50. The van der Waals surface area contributed by atoms with Crippen molar-refractivity contribution in [1.29, 1.82) is 0 Å². The van der Waals surface area contributed by atoms with E-state index in [-0.39, 0.29) is 6.54 Å². The second-order valence-corrected chi connectivity index (χ2v) is 3.22. The lowest BCUT2D eigenvalue weighted by molar-refractivity contribution is -0.116. The Morgan fingerprint density at radius 3 is 2.62 bits per heavy atom. The molecule has 0 radical (unpaired) electrons. The van der Waals surface area contributed by atoms with Crippen LogP contribution in [0.25, 0.3) is 0 Å². The van der Waals surface area contributed by atoms with E-state index < -0.39 is 17.7 Å². The summed E-state index contributed by atoms with van der Waals surface area (Å²) >= 11 is 0. The molecule has 1 rings (SSSR count). The maximum Gasteiger partial charge on any atom is 0.295 e. The zero-order valence-corrected chi connectivity index (χ0v) is 7.36. The molecule has 0 aromatic rings. The fraction of sp³-hybridized carbons (Fsp3) is 0.667. The van der Waals surface area contributed by atoms with Gasteiger partial charge in [0.05, 0.1) is 0 Å². The number of amides is 1. The summed E-state index contributed by atoms with van der Waals surface area (Å²) in [4.78, 5) is 10.8. The second-order valence-electron chi connectivity index (χ2n) is 3.22. The fourth-order valence-electron chi connectivity index (χ4n) is 1.05. The molecule has 1 saturated carbocycles. The lowest BCUT2D eigenvalue weighted by Gasteiger charge is -2.12. The summed E-state index contributed by atoms with van der Waals surface area (Å²) in [5.74, 6) is 4.17. The molecule has 0 spiro atoms. The molecule has 2 nitrogen and oxygen atoms in total. The summed E-state index contributed by atoms with van der Waals surface area (Å²) in [6, 6.07) is 0. The molecule has 0 aromatic carbocycles. The van der Waals surface area contributed by atoms with Crippen LogP contribution < -0.4 is 5.32 Å². The van der Waals surface area contributed by atoms with E-state index in [1.807, 2.05) is 0 Å². The van der Waals surface area contributed by atoms with Gasteiger partial charge in [-0.05, 0) is 25.7 Å². The number of carbonyl (C=O) groups is 1. The van der Waals surface area contributed by atoms with Crippen LogP contribution in [0, 0.1) is 17.3 Å². The summed E-state index contributed by atoms with van der Waals surface area (Å²) in [6.07, 6.45) is -1.36. The van der Waals surface area contributed by atoms with Gasteiger partial charge in [0, 0.05) is 12.0 Å². The average Bonchev–Trinajstić information content (AvgIpc) is 2.82. The van der Waals surface area contributed by atoms with Crippen molar-refractivity contribution in [2.45, 2.75) is 26.2 Å². The Labute approximate surface area is 75.7 Å². The largest absolute Gasteiger partial charge is 0.344 e. The number of hydrogen-bond acceptors (Lipinski definition) is 1. The van der Waals surface area contributed by atoms with Crippen LogP contribution in [0.4, 0.5) is 8.78 Å². The van der Waals surface area contributed by atoms with Crippen LogP contribution in [0.5, 0.6) is 0 Å². The van der Waals surface area contributed by atoms with Crippen molar-refractivity contribution < 1.29 is 13.6 Å². The first kappa shape index (κ1) is 9.97. The molecule has 72 valence electrons. The molecule has 4 heteroatoms. The highest BCUT2D eigenvalue weighted by Crippen LogP contribution is 2.49. The molecule has 13 heavy (non-hydrogen) atoms. The highest BCUT2D eigenvalue weighted by atomic mass is 19.3. The maximum absolute atomic E-state index is 12.3. The Balaban J connectivity index is 2.33. The van der Waals surface area contributed by atoms with Gasteiger partial charge in [-0.3, -0.25) is 4.79 Å². The van der Waals surface area contributed by atoms with Gasteiger partial charge in [0.2, 0.25) is 6.43 Å². The summed E-state index contributed by atoms with van der Waals surface area (Å²) in [7, 11) is 0. The second kappa shape index (κ2) is 3.73. The van der Waals surface area contributed by atoms with E-state index in [0.29, 0.717) is 12.8 Å². The minimum absolute atomic E-state index is 0.0399. The number of alkyl halides is 2. The standard InChI is InChI=1S/C9H11F2NO/c1-2-3-7(13)12-6-9(4-5-9)8(10)11/h8H,4-6H2,1H3,(H,12,13). The van der Waals surface area contributed by atoms with Gasteiger partial charge in [0.1, 0.15) is 0 Å². The number of hydrogen-bond donors (Lipinski definition) is 1. The molecule has 1 aliphatic rings. The van der Waals surface area contributed by atoms with Gasteiger partial charge in [-0.15, -0.1) is 0 Å². The molecule has 0 aliphatic heterocycles. The summed E-state index contributed by atoms with van der Waals surface area (Å²) in [6.45, 7) is 1.57. The van der Waals surface area contributed by atoms with E-state index in [0.717, 1.165) is 0 Å². The summed E-state index contributed by atoms with van der Waals surface area (Å²) < 4.78 is 24.6. The van der Waals surface area contributed by atoms with Crippen LogP contribution in [-0.4, -0.2) is 18.9 Å². The van der Waals surface area contributed by atoms with Crippen molar-refractivity contribution in [1.82, 2.24) is 5.32 Å². The van der Waals surface area contributed by atoms with Gasteiger partial charge in [-0.25, -0.2) is 8.78 Å². The Morgan fingerprint density at radius 2 is 2.23 bits per heavy atom. The fourth-order valence-corrected chi connectivity index (χ4v) is 1.05. The minimum atomic E-state index is -2.35. The van der Waals surface area contributed by atoms with Gasteiger partial charge in [-0.2, -0.15) is 0 Å². The van der Waals surface area contributed by atoms with E-state index in [2.05, 4.69) is 17.2 Å². The Hall–Kier alpha value is -1.11. The molecule has 0 saturated heterocycles. The number of carbonyl (C=O) groups excluding carboxylic acids is 1. The SMILES string of the molecule is CC#CC(=O)NCC1(C(F)F)CC1. The van der Waals surface area contributed by atoms with Gasteiger partial charge in [0.25, 0.3) is 5.91 Å². The van der Waals surface area contributed by atoms with Crippen LogP contribution in [0.1, 0.15) is 19.8 Å². The van der Waals surface area contributed by atoms with Crippen molar-refractivity contribution >= 4 is 5.91 Å². The molecule has 0 heterocycles. The van der Waals surface area contributed by atoms with Gasteiger partial charge in [-0.1, -0.05) is 5.92 Å². The van der Waals surface area contributed by atoms with Crippen LogP contribution in [0.2, 0.25) is 0 Å². The Bertz CT molecular complexity index is 261. The monoisotopic (exact) mass is 187 g/mol. The van der Waals surface area contributed by atoms with Gasteiger partial charge >= 0.3 is 0 Å². The molecule has 0 aromatic heterocycles. The molecule has 0 atom stereocenters. The molecule has 0 unspecified atom stereocenters. The predicted molar refractivity (Wildman–Crippen MR) is 44.1 cm³/mol. The molecule has 1 amide bonds. The zero-order chi connectivity index (χ0) is 9.90. The molecule has 0 bridgehead atoms. The first-order valence-electron chi connectivity index (χ1n) is 4.09. The van der Waals surface area contributed by atoms with Crippen molar-refractivity contribution in [2.24, 2.45) is 5.41 Å². The van der Waals surface area contributed by atoms with Crippen LogP contribution >= 0.6 is 0 Å². The van der Waals surface area contributed by atoms with Crippen molar-refractivity contribution in [3.8, 4) is 11.8 Å². The lowest BCUT2D eigenvalue weighted by Crippen LogP contribution is -2.32. The average molecular weight is 187 g/mol. The smallest absolute Gasteiger partial charge is 0.295 e. The molecule has 1 fully saturated rings. The molecule has 1 N–H and O–H groups in total. The lowest BCUT2D eigenvalue weighted by atomic mass is 10.1. The molecular formula is C9H11F2NO. The van der Waals surface area contributed by atoms with E-state index >= 15 is 0 Å². The molecule has 1 aliphatic carbocycles. The summed E-state index contributed by atoms with van der Waals surface area (Å²) in [5, 5.41) is 2.38. The van der Waals surface area contributed by atoms with Crippen LogP contribution in [0.3, 0.4) is 0 Å². The number of rotatable bonds is 3. The first-order chi connectivity index (χ1) is 6.10. The van der Waals surface area contributed by atoms with E-state index in [9.17, 15) is 13.6 Å². The van der Waals surface area contributed by atoms with Crippen LogP contribution in [-0.2, 0) is 4.79 Å². The topological polar surface area (TPSA) is 29.1 Å².